The molecule has 4 aromatic rings. The quantitative estimate of drug-likeness (QED) is 0.481. The smallest absolute Gasteiger partial charge is 0.277 e. The number of carbonyl (C=O) groups excluding carboxylic acids is 2. The van der Waals surface area contributed by atoms with Crippen molar-refractivity contribution in [2.75, 3.05) is 25.6 Å². The van der Waals surface area contributed by atoms with Crippen LogP contribution in [0.15, 0.2) is 30.3 Å². The predicted octanol–water partition coefficient (Wildman–Crippen LogP) is 3.38. The van der Waals surface area contributed by atoms with Gasteiger partial charge in [0.1, 0.15) is 5.69 Å². The summed E-state index contributed by atoms with van der Waals surface area (Å²) in [6.45, 7) is 6.47. The number of likely N-dealkylation sites (N-methyl/N-ethyl adjacent to an activating group) is 1. The van der Waals surface area contributed by atoms with E-state index < -0.39 is 5.41 Å². The highest BCUT2D eigenvalue weighted by molar-refractivity contribution is 6.09. The second kappa shape index (κ2) is 6.89. The first-order valence-electron chi connectivity index (χ1n) is 10.4. The largest absolute Gasteiger partial charge is 0.337 e. The minimum atomic E-state index is -0.591. The molecule has 2 amide bonds. The van der Waals surface area contributed by atoms with Gasteiger partial charge >= 0.3 is 0 Å². The van der Waals surface area contributed by atoms with Crippen LogP contribution in [0.4, 0.5) is 5.69 Å². The molecule has 0 aliphatic carbocycles. The van der Waals surface area contributed by atoms with Crippen molar-refractivity contribution in [2.45, 2.75) is 26.2 Å². The molecule has 0 fully saturated rings. The maximum Gasteiger partial charge on any atom is 0.277 e. The third kappa shape index (κ3) is 2.74. The molecule has 9 heteroatoms. The van der Waals surface area contributed by atoms with Gasteiger partial charge in [-0.3, -0.25) is 19.5 Å². The lowest BCUT2D eigenvalue weighted by Gasteiger charge is -2.18. The topological polar surface area (TPSA) is 107 Å². The molecule has 32 heavy (non-hydrogen) atoms. The van der Waals surface area contributed by atoms with Gasteiger partial charge < -0.3 is 9.88 Å². The van der Waals surface area contributed by atoms with Crippen molar-refractivity contribution in [3.63, 3.8) is 0 Å². The van der Waals surface area contributed by atoms with Gasteiger partial charge in [0, 0.05) is 24.5 Å². The molecule has 0 atom stereocenters. The molecule has 1 aliphatic heterocycles. The van der Waals surface area contributed by atoms with E-state index in [1.54, 1.807) is 24.1 Å². The molecule has 0 radical (unpaired) electrons. The number of amides is 2. The molecular weight excluding hydrogens is 408 g/mol. The number of fused-ring (bicyclic) bond motifs is 3. The third-order valence-electron chi connectivity index (χ3n) is 6.25. The molecule has 0 bridgehead atoms. The molecule has 1 aliphatic rings. The van der Waals surface area contributed by atoms with E-state index in [-0.39, 0.29) is 11.8 Å². The lowest BCUT2D eigenvalue weighted by molar-refractivity contribution is -0.122. The van der Waals surface area contributed by atoms with Crippen LogP contribution in [0.2, 0.25) is 0 Å². The van der Waals surface area contributed by atoms with Crippen molar-refractivity contribution >= 4 is 39.4 Å². The summed E-state index contributed by atoms with van der Waals surface area (Å²) in [5.41, 5.74) is 4.78. The fourth-order valence-corrected chi connectivity index (χ4v) is 4.35. The Morgan fingerprint density at radius 1 is 1.22 bits per heavy atom. The number of imidazole rings is 1. The van der Waals surface area contributed by atoms with Gasteiger partial charge in [-0.15, -0.1) is 0 Å². The van der Waals surface area contributed by atoms with Crippen LogP contribution in [-0.2, 0) is 15.0 Å². The van der Waals surface area contributed by atoms with Gasteiger partial charge in [-0.1, -0.05) is 0 Å². The Kier molecular flexibility index (Phi) is 4.35. The molecule has 2 aromatic heterocycles. The number of benzene rings is 2. The molecular formula is C23H24N6O3. The number of nitrogens with one attached hydrogen (secondary N) is 2. The summed E-state index contributed by atoms with van der Waals surface area (Å²) in [6.07, 6.45) is 0. The highest BCUT2D eigenvalue weighted by Crippen LogP contribution is 2.43. The first-order valence-corrected chi connectivity index (χ1v) is 10.4. The summed E-state index contributed by atoms with van der Waals surface area (Å²) >= 11 is 0. The van der Waals surface area contributed by atoms with Gasteiger partial charge in [0.05, 0.1) is 34.8 Å². The van der Waals surface area contributed by atoms with E-state index >= 15 is 0 Å². The number of hydrogen-bond donors (Lipinski definition) is 2. The SMILES string of the molecule is CCN1C(=O)C(C)(C)c2cc3[nH]c(-c4n[nH]c5ccc(C(=O)N(C)OC)cc45)nc3cc21. The molecule has 2 aromatic carbocycles. The van der Waals surface area contributed by atoms with E-state index in [0.29, 0.717) is 23.6 Å². The van der Waals surface area contributed by atoms with Gasteiger partial charge in [-0.2, -0.15) is 5.10 Å². The van der Waals surface area contributed by atoms with Gasteiger partial charge in [0.2, 0.25) is 5.91 Å². The van der Waals surface area contributed by atoms with Crippen LogP contribution in [0.1, 0.15) is 36.7 Å². The minimum Gasteiger partial charge on any atom is -0.337 e. The molecule has 0 unspecified atom stereocenters. The Bertz CT molecular complexity index is 1400. The maximum absolute atomic E-state index is 12.8. The van der Waals surface area contributed by atoms with Crippen LogP contribution in [0.5, 0.6) is 0 Å². The third-order valence-corrected chi connectivity index (χ3v) is 6.25. The number of hydroxylamine groups is 2. The number of carbonyl (C=O) groups is 2. The normalized spacial score (nSPS) is 15.0. The Morgan fingerprint density at radius 3 is 2.72 bits per heavy atom. The Labute approximate surface area is 184 Å². The summed E-state index contributed by atoms with van der Waals surface area (Å²) < 4.78 is 0. The zero-order chi connectivity index (χ0) is 22.8. The Morgan fingerprint density at radius 2 is 2.00 bits per heavy atom. The number of aromatic nitrogens is 4. The van der Waals surface area contributed by atoms with Crippen molar-refractivity contribution in [1.82, 2.24) is 25.2 Å². The lowest BCUT2D eigenvalue weighted by atomic mass is 9.86. The summed E-state index contributed by atoms with van der Waals surface area (Å²) in [4.78, 5) is 40.2. The van der Waals surface area contributed by atoms with E-state index in [1.807, 2.05) is 39.0 Å². The number of rotatable bonds is 4. The van der Waals surface area contributed by atoms with Crippen molar-refractivity contribution in [3.8, 4) is 11.5 Å². The molecule has 3 heterocycles. The highest BCUT2D eigenvalue weighted by Gasteiger charge is 2.43. The summed E-state index contributed by atoms with van der Waals surface area (Å²) in [6, 6.07) is 9.28. The molecule has 5 rings (SSSR count). The van der Waals surface area contributed by atoms with Crippen molar-refractivity contribution in [3.05, 3.63) is 41.5 Å². The zero-order valence-electron chi connectivity index (χ0n) is 18.6. The first-order chi connectivity index (χ1) is 15.3. The van der Waals surface area contributed by atoms with Gasteiger partial charge in [0.15, 0.2) is 5.82 Å². The fraction of sp³-hybridized carbons (Fsp3) is 0.304. The maximum atomic E-state index is 12.8. The average Bonchev–Trinajstić information content (AvgIpc) is 3.44. The standard InChI is InChI=1S/C23H24N6O3/c1-6-29-18-11-17-16(10-14(18)23(2,3)22(29)31)24-20(25-17)19-13-9-12(21(30)28(4)32-5)7-8-15(13)26-27-19/h7-11H,6H2,1-5H3,(H,24,25)(H,26,27). The highest BCUT2D eigenvalue weighted by atomic mass is 16.7. The van der Waals surface area contributed by atoms with Gasteiger partial charge in [0.25, 0.3) is 5.91 Å². The monoisotopic (exact) mass is 432 g/mol. The second-order valence-corrected chi connectivity index (χ2v) is 8.46. The number of aromatic amines is 2. The molecule has 0 spiro atoms. The van der Waals surface area contributed by atoms with Crippen LogP contribution >= 0.6 is 0 Å². The van der Waals surface area contributed by atoms with Crippen LogP contribution in [-0.4, -0.2) is 57.7 Å². The van der Waals surface area contributed by atoms with E-state index in [4.69, 9.17) is 9.82 Å². The number of anilines is 1. The van der Waals surface area contributed by atoms with E-state index in [0.717, 1.165) is 33.2 Å². The van der Waals surface area contributed by atoms with Crippen molar-refractivity contribution in [2.24, 2.45) is 0 Å². The lowest BCUT2D eigenvalue weighted by Crippen LogP contribution is -2.35. The summed E-state index contributed by atoms with van der Waals surface area (Å²) in [5.74, 6) is 0.431. The van der Waals surface area contributed by atoms with Crippen LogP contribution < -0.4 is 4.90 Å². The summed E-state index contributed by atoms with van der Waals surface area (Å²) in [5, 5.41) is 9.39. The number of H-pyrrole nitrogens is 2. The fourth-order valence-electron chi connectivity index (χ4n) is 4.35. The Hall–Kier alpha value is -3.72. The minimum absolute atomic E-state index is 0.0967. The number of hydrogen-bond acceptors (Lipinski definition) is 5. The van der Waals surface area contributed by atoms with Gasteiger partial charge in [-0.05, 0) is 56.7 Å². The van der Waals surface area contributed by atoms with Crippen LogP contribution in [0, 0.1) is 0 Å². The van der Waals surface area contributed by atoms with Crippen molar-refractivity contribution < 1.29 is 14.4 Å². The molecule has 164 valence electrons. The molecule has 2 N–H and O–H groups in total. The van der Waals surface area contributed by atoms with Gasteiger partial charge in [-0.25, -0.2) is 10.0 Å². The second-order valence-electron chi connectivity index (χ2n) is 8.46. The van der Waals surface area contributed by atoms with Crippen molar-refractivity contribution in [1.29, 1.82) is 0 Å². The zero-order valence-corrected chi connectivity index (χ0v) is 18.6. The first kappa shape index (κ1) is 20.2. The van der Waals surface area contributed by atoms with E-state index in [9.17, 15) is 9.59 Å². The van der Waals surface area contributed by atoms with E-state index in [2.05, 4.69) is 15.2 Å². The average molecular weight is 432 g/mol. The summed E-state index contributed by atoms with van der Waals surface area (Å²) in [7, 11) is 3.01. The van der Waals surface area contributed by atoms with E-state index in [1.165, 1.54) is 12.2 Å². The number of nitrogens with zero attached hydrogens (tertiary/aromatic N) is 4. The van der Waals surface area contributed by atoms with Crippen LogP contribution in [0.3, 0.4) is 0 Å². The predicted molar refractivity (Wildman–Crippen MR) is 121 cm³/mol. The molecule has 0 saturated heterocycles. The molecule has 0 saturated carbocycles. The molecule has 9 nitrogen and oxygen atoms in total. The van der Waals surface area contributed by atoms with Crippen LogP contribution in [0.25, 0.3) is 33.5 Å². The Balaban J connectivity index is 1.63.